The monoisotopic (exact) mass is 403 g/mol. The van der Waals surface area contributed by atoms with E-state index < -0.39 is 19.3 Å². The molecule has 0 aliphatic carbocycles. The van der Waals surface area contributed by atoms with E-state index in [1.54, 1.807) is 6.92 Å². The highest BCUT2D eigenvalue weighted by atomic mass is 31.1. The molecule has 0 saturated carbocycles. The minimum atomic E-state index is -2.21. The third-order valence-electron chi connectivity index (χ3n) is 4.14. The lowest BCUT2D eigenvalue weighted by Crippen LogP contribution is -2.43. The maximum atomic E-state index is 12.6. The van der Waals surface area contributed by atoms with Gasteiger partial charge in [-0.3, -0.25) is 0 Å². The Morgan fingerprint density at radius 3 is 1.48 bits per heavy atom. The molecule has 0 heterocycles. The Kier molecular flexibility index (Phi) is 16.0. The van der Waals surface area contributed by atoms with E-state index in [1.165, 1.54) is 0 Å². The number of carbonyl (C=O) groups excluding carboxylic acids is 1. The van der Waals surface area contributed by atoms with Crippen molar-refractivity contribution < 1.29 is 23.6 Å². The van der Waals surface area contributed by atoms with E-state index in [9.17, 15) is 9.36 Å². The van der Waals surface area contributed by atoms with Crippen molar-refractivity contribution >= 4 is 13.3 Å². The van der Waals surface area contributed by atoms with Crippen molar-refractivity contribution in [1.82, 2.24) is 0 Å². The van der Waals surface area contributed by atoms with Crippen LogP contribution in [-0.4, -0.2) is 37.5 Å². The molecule has 158 valence electrons. The van der Waals surface area contributed by atoms with Crippen molar-refractivity contribution in [2.24, 2.45) is 0 Å². The summed E-state index contributed by atoms with van der Waals surface area (Å²) in [6.45, 7) is 12.9. The number of allylic oxidation sites excluding steroid dienone is 1. The highest BCUT2D eigenvalue weighted by molar-refractivity contribution is 7.64. The van der Waals surface area contributed by atoms with Gasteiger partial charge in [0.1, 0.15) is 0 Å². The SMILES string of the molecule is C=C(C)C(=O)[P+](=O)CC(OCCCCC)(OCCCCC)OCCCCC. The largest absolute Gasteiger partial charge is 0.428 e. The molecule has 0 spiro atoms. The molecule has 0 radical (unpaired) electrons. The zero-order valence-corrected chi connectivity index (χ0v) is 18.8. The summed E-state index contributed by atoms with van der Waals surface area (Å²) in [7, 11) is -2.21. The normalized spacial score (nSPS) is 12.2. The minimum Gasteiger partial charge on any atom is -0.324 e. The van der Waals surface area contributed by atoms with Crippen LogP contribution in [0, 0.1) is 0 Å². The molecule has 0 fully saturated rings. The van der Waals surface area contributed by atoms with E-state index in [0.29, 0.717) is 19.8 Å². The van der Waals surface area contributed by atoms with Crippen LogP contribution in [0.3, 0.4) is 0 Å². The van der Waals surface area contributed by atoms with Crippen molar-refractivity contribution in [3.63, 3.8) is 0 Å². The van der Waals surface area contributed by atoms with Crippen molar-refractivity contribution in [3.05, 3.63) is 12.2 Å². The predicted molar refractivity (Wildman–Crippen MR) is 111 cm³/mol. The van der Waals surface area contributed by atoms with Crippen LogP contribution in [0.4, 0.5) is 0 Å². The number of unbranched alkanes of at least 4 members (excludes halogenated alkanes) is 6. The van der Waals surface area contributed by atoms with Gasteiger partial charge in [0.2, 0.25) is 6.16 Å². The van der Waals surface area contributed by atoms with Gasteiger partial charge in [0, 0.05) is 5.57 Å². The molecule has 0 aliphatic rings. The first kappa shape index (κ1) is 26.4. The van der Waals surface area contributed by atoms with Crippen LogP contribution < -0.4 is 0 Å². The van der Waals surface area contributed by atoms with Crippen LogP contribution in [0.15, 0.2) is 12.2 Å². The second kappa shape index (κ2) is 16.4. The van der Waals surface area contributed by atoms with E-state index in [4.69, 9.17) is 14.2 Å². The second-order valence-electron chi connectivity index (χ2n) is 6.97. The van der Waals surface area contributed by atoms with Crippen molar-refractivity contribution in [2.45, 2.75) is 91.5 Å². The summed E-state index contributed by atoms with van der Waals surface area (Å²) in [6, 6.07) is 0. The maximum Gasteiger partial charge on any atom is 0.428 e. The zero-order valence-electron chi connectivity index (χ0n) is 17.9. The summed E-state index contributed by atoms with van der Waals surface area (Å²) in [6.07, 6.45) is 8.89. The average Bonchev–Trinajstić information content (AvgIpc) is 2.65. The lowest BCUT2D eigenvalue weighted by Gasteiger charge is -2.30. The molecule has 5 nitrogen and oxygen atoms in total. The molecule has 0 aromatic carbocycles. The lowest BCUT2D eigenvalue weighted by molar-refractivity contribution is -0.367. The number of hydrogen-bond acceptors (Lipinski definition) is 5. The maximum absolute atomic E-state index is 12.6. The van der Waals surface area contributed by atoms with E-state index in [1.807, 2.05) is 0 Å². The molecule has 0 saturated heterocycles. The Balaban J connectivity index is 5.15. The van der Waals surface area contributed by atoms with E-state index in [2.05, 4.69) is 27.4 Å². The van der Waals surface area contributed by atoms with Gasteiger partial charge in [0.15, 0.2) is 0 Å². The van der Waals surface area contributed by atoms with E-state index in [-0.39, 0.29) is 11.7 Å². The van der Waals surface area contributed by atoms with Crippen LogP contribution in [0.25, 0.3) is 0 Å². The van der Waals surface area contributed by atoms with Gasteiger partial charge < -0.3 is 14.2 Å². The fraction of sp³-hybridized carbons (Fsp3) is 0.857. The standard InChI is InChI=1S/C21H40O5P/c1-6-9-12-15-24-21(25-16-13-10-7-2,26-17-14-11-8-3)18-27(23)20(22)19(4)5/h4,6-18H2,1-3,5H3/q+1. The van der Waals surface area contributed by atoms with Gasteiger partial charge in [0.25, 0.3) is 0 Å². The first-order valence-corrected chi connectivity index (χ1v) is 11.9. The van der Waals surface area contributed by atoms with Crippen molar-refractivity contribution in [1.29, 1.82) is 0 Å². The Morgan fingerprint density at radius 2 is 1.19 bits per heavy atom. The lowest BCUT2D eigenvalue weighted by atomic mass is 10.2. The van der Waals surface area contributed by atoms with E-state index >= 15 is 0 Å². The van der Waals surface area contributed by atoms with Crippen LogP contribution in [-0.2, 0) is 23.6 Å². The molecular weight excluding hydrogens is 363 g/mol. The summed E-state index contributed by atoms with van der Waals surface area (Å²) in [5.74, 6) is -1.41. The summed E-state index contributed by atoms with van der Waals surface area (Å²) in [5, 5.41) is 0. The van der Waals surface area contributed by atoms with Gasteiger partial charge in [-0.25, -0.2) is 4.79 Å². The summed E-state index contributed by atoms with van der Waals surface area (Å²) in [4.78, 5) is 12.1. The Labute approximate surface area is 167 Å². The molecular formula is C21H40O5P+. The van der Waals surface area contributed by atoms with Gasteiger partial charge in [-0.1, -0.05) is 70.4 Å². The predicted octanol–water partition coefficient (Wildman–Crippen LogP) is 6.19. The topological polar surface area (TPSA) is 61.8 Å². The third-order valence-corrected chi connectivity index (χ3v) is 5.65. The smallest absolute Gasteiger partial charge is 0.324 e. The number of ether oxygens (including phenoxy) is 3. The van der Waals surface area contributed by atoms with E-state index in [0.717, 1.165) is 57.8 Å². The molecule has 0 aliphatic heterocycles. The molecule has 0 amide bonds. The first-order chi connectivity index (χ1) is 12.9. The Morgan fingerprint density at radius 1 is 0.815 bits per heavy atom. The van der Waals surface area contributed by atoms with Crippen LogP contribution in [0.5, 0.6) is 0 Å². The highest BCUT2D eigenvalue weighted by Crippen LogP contribution is 2.34. The molecule has 6 heteroatoms. The average molecular weight is 404 g/mol. The van der Waals surface area contributed by atoms with Crippen molar-refractivity contribution in [2.75, 3.05) is 26.0 Å². The Hall–Kier alpha value is -0.610. The van der Waals surface area contributed by atoms with Gasteiger partial charge in [-0.05, 0) is 26.2 Å². The Bertz CT molecular complexity index is 405. The number of carbonyl (C=O) groups is 1. The van der Waals surface area contributed by atoms with Gasteiger partial charge >= 0.3 is 19.3 Å². The second-order valence-corrected chi connectivity index (χ2v) is 8.45. The quantitative estimate of drug-likeness (QED) is 0.111. The zero-order chi connectivity index (χ0) is 20.5. The molecule has 27 heavy (non-hydrogen) atoms. The van der Waals surface area contributed by atoms with Crippen LogP contribution in [0.1, 0.15) is 85.5 Å². The van der Waals surface area contributed by atoms with Crippen LogP contribution in [0.2, 0.25) is 0 Å². The molecule has 1 unspecified atom stereocenters. The molecule has 0 aromatic heterocycles. The minimum absolute atomic E-state index is 0.0849. The molecule has 1 atom stereocenters. The van der Waals surface area contributed by atoms with Gasteiger partial charge in [-0.2, -0.15) is 0 Å². The molecule has 0 N–H and O–H groups in total. The fourth-order valence-corrected chi connectivity index (χ4v) is 3.66. The number of rotatable bonds is 19. The summed E-state index contributed by atoms with van der Waals surface area (Å²) in [5.41, 5.74) is -0.159. The molecule has 0 bridgehead atoms. The number of hydrogen-bond donors (Lipinski definition) is 0. The summed E-state index contributed by atoms with van der Waals surface area (Å²) < 4.78 is 30.5. The third kappa shape index (κ3) is 12.5. The summed E-state index contributed by atoms with van der Waals surface area (Å²) >= 11 is 0. The first-order valence-electron chi connectivity index (χ1n) is 10.5. The fourth-order valence-electron chi connectivity index (χ4n) is 2.46. The molecule has 0 aromatic rings. The van der Waals surface area contributed by atoms with Gasteiger partial charge in [0.05, 0.1) is 19.8 Å². The van der Waals surface area contributed by atoms with Crippen molar-refractivity contribution in [3.8, 4) is 0 Å². The van der Waals surface area contributed by atoms with Gasteiger partial charge in [-0.15, -0.1) is 0 Å². The molecule has 0 rings (SSSR count). The van der Waals surface area contributed by atoms with Crippen LogP contribution >= 0.6 is 7.80 Å². The highest BCUT2D eigenvalue weighted by Gasteiger charge is 2.46.